The number of rotatable bonds is 5. The predicted molar refractivity (Wildman–Crippen MR) is 50.9 cm³/mol. The Morgan fingerprint density at radius 2 is 1.42 bits per heavy atom. The Morgan fingerprint density at radius 3 is 1.67 bits per heavy atom. The average Bonchev–Trinajstić information content (AvgIpc) is 2.05. The van der Waals surface area contributed by atoms with E-state index in [1.807, 2.05) is 6.92 Å². The molecule has 2 N–H and O–H groups in total. The first kappa shape index (κ1) is 11.9. The molecular formula is C10H22O2. The van der Waals surface area contributed by atoms with Gasteiger partial charge in [-0.25, -0.2) is 0 Å². The Balaban J connectivity index is 4.05. The molecule has 0 unspecified atom stereocenters. The maximum atomic E-state index is 9.79. The van der Waals surface area contributed by atoms with Crippen LogP contribution < -0.4 is 0 Å². The van der Waals surface area contributed by atoms with E-state index in [9.17, 15) is 10.2 Å². The van der Waals surface area contributed by atoms with Gasteiger partial charge in [0.15, 0.2) is 0 Å². The zero-order valence-electron chi connectivity index (χ0n) is 8.62. The number of hydrogen-bond donors (Lipinski definition) is 2. The third kappa shape index (κ3) is 3.11. The summed E-state index contributed by atoms with van der Waals surface area (Å²) in [5.41, 5.74) is 0. The van der Waals surface area contributed by atoms with Gasteiger partial charge in [-0.15, -0.1) is 0 Å². The first-order valence-corrected chi connectivity index (χ1v) is 4.90. The van der Waals surface area contributed by atoms with Gasteiger partial charge in [0.05, 0.1) is 12.2 Å². The van der Waals surface area contributed by atoms with E-state index in [0.29, 0.717) is 5.92 Å². The highest BCUT2D eigenvalue weighted by Crippen LogP contribution is 2.21. The van der Waals surface area contributed by atoms with Crippen LogP contribution in [0.1, 0.15) is 40.5 Å². The van der Waals surface area contributed by atoms with Crippen molar-refractivity contribution in [2.24, 2.45) is 11.8 Å². The number of aliphatic hydroxyl groups excluding tert-OH is 2. The van der Waals surface area contributed by atoms with Crippen LogP contribution in [-0.4, -0.2) is 22.4 Å². The molecule has 0 heterocycles. The van der Waals surface area contributed by atoms with Crippen molar-refractivity contribution in [1.29, 1.82) is 0 Å². The minimum absolute atomic E-state index is 0.0186. The molecule has 0 saturated carbocycles. The van der Waals surface area contributed by atoms with Crippen molar-refractivity contribution in [3.63, 3.8) is 0 Å². The molecule has 0 aliphatic carbocycles. The van der Waals surface area contributed by atoms with E-state index < -0.39 is 6.10 Å². The molecule has 0 rings (SSSR count). The molecular weight excluding hydrogens is 152 g/mol. The Hall–Kier alpha value is -0.0800. The zero-order valence-corrected chi connectivity index (χ0v) is 8.62. The summed E-state index contributed by atoms with van der Waals surface area (Å²) in [4.78, 5) is 0. The van der Waals surface area contributed by atoms with E-state index in [2.05, 4.69) is 13.8 Å². The molecule has 0 aromatic heterocycles. The SMILES string of the molecule is CCC(CC)[C@@H](O)[C@H](C)[C@@H](C)O. The lowest BCUT2D eigenvalue weighted by atomic mass is 9.86. The van der Waals surface area contributed by atoms with Gasteiger partial charge in [-0.05, 0) is 12.8 Å². The fourth-order valence-corrected chi connectivity index (χ4v) is 1.49. The Bertz CT molecular complexity index is 106. The van der Waals surface area contributed by atoms with Crippen LogP contribution in [-0.2, 0) is 0 Å². The third-order valence-electron chi connectivity index (χ3n) is 2.83. The summed E-state index contributed by atoms with van der Waals surface area (Å²) in [6.45, 7) is 7.78. The van der Waals surface area contributed by atoms with Crippen LogP contribution in [0.25, 0.3) is 0 Å². The van der Waals surface area contributed by atoms with Crippen molar-refractivity contribution in [2.45, 2.75) is 52.7 Å². The molecule has 0 saturated heterocycles. The highest BCUT2D eigenvalue weighted by molar-refractivity contribution is 4.75. The molecule has 0 spiro atoms. The molecule has 2 heteroatoms. The first-order chi connectivity index (χ1) is 5.54. The topological polar surface area (TPSA) is 40.5 Å². The minimum atomic E-state index is -0.416. The molecule has 0 bridgehead atoms. The first-order valence-electron chi connectivity index (χ1n) is 4.90. The predicted octanol–water partition coefficient (Wildman–Crippen LogP) is 1.80. The molecule has 0 amide bonds. The second-order valence-electron chi connectivity index (χ2n) is 3.67. The van der Waals surface area contributed by atoms with Crippen LogP contribution in [0.4, 0.5) is 0 Å². The van der Waals surface area contributed by atoms with Gasteiger partial charge in [0.25, 0.3) is 0 Å². The van der Waals surface area contributed by atoms with Crippen molar-refractivity contribution >= 4 is 0 Å². The van der Waals surface area contributed by atoms with Crippen molar-refractivity contribution in [3.05, 3.63) is 0 Å². The zero-order chi connectivity index (χ0) is 9.72. The molecule has 3 atom stereocenters. The van der Waals surface area contributed by atoms with Gasteiger partial charge in [0, 0.05) is 5.92 Å². The van der Waals surface area contributed by atoms with Gasteiger partial charge in [-0.1, -0.05) is 33.6 Å². The lowest BCUT2D eigenvalue weighted by Crippen LogP contribution is -2.33. The standard InChI is InChI=1S/C10H22O2/c1-5-9(6-2)10(12)7(3)8(4)11/h7-12H,5-6H2,1-4H3/t7-,8-,10+/m1/s1. The third-order valence-corrected chi connectivity index (χ3v) is 2.83. The summed E-state index contributed by atoms with van der Waals surface area (Å²) in [6.07, 6.45) is 1.18. The lowest BCUT2D eigenvalue weighted by molar-refractivity contribution is -0.00514. The monoisotopic (exact) mass is 174 g/mol. The van der Waals surface area contributed by atoms with Crippen LogP contribution in [0.5, 0.6) is 0 Å². The maximum Gasteiger partial charge on any atom is 0.0618 e. The molecule has 12 heavy (non-hydrogen) atoms. The highest BCUT2D eigenvalue weighted by atomic mass is 16.3. The van der Waals surface area contributed by atoms with E-state index in [4.69, 9.17) is 0 Å². The van der Waals surface area contributed by atoms with E-state index >= 15 is 0 Å². The molecule has 2 nitrogen and oxygen atoms in total. The summed E-state index contributed by atoms with van der Waals surface area (Å²) in [7, 11) is 0. The Morgan fingerprint density at radius 1 is 1.00 bits per heavy atom. The van der Waals surface area contributed by atoms with Crippen molar-refractivity contribution in [2.75, 3.05) is 0 Å². The molecule has 0 aliphatic heterocycles. The summed E-state index contributed by atoms with van der Waals surface area (Å²) < 4.78 is 0. The van der Waals surface area contributed by atoms with Gasteiger partial charge in [-0.3, -0.25) is 0 Å². The van der Waals surface area contributed by atoms with Gasteiger partial charge in [-0.2, -0.15) is 0 Å². The van der Waals surface area contributed by atoms with E-state index in [-0.39, 0.29) is 12.0 Å². The summed E-state index contributed by atoms with van der Waals surface area (Å²) >= 11 is 0. The molecule has 0 aromatic carbocycles. The van der Waals surface area contributed by atoms with Crippen molar-refractivity contribution in [3.8, 4) is 0 Å². The van der Waals surface area contributed by atoms with E-state index in [1.54, 1.807) is 6.92 Å². The van der Waals surface area contributed by atoms with Gasteiger partial charge in [0.1, 0.15) is 0 Å². The molecule has 74 valence electrons. The molecule has 0 radical (unpaired) electrons. The summed E-state index contributed by atoms with van der Waals surface area (Å²) in [5, 5.41) is 19.1. The quantitative estimate of drug-likeness (QED) is 0.667. The minimum Gasteiger partial charge on any atom is -0.393 e. The van der Waals surface area contributed by atoms with Crippen LogP contribution in [0.15, 0.2) is 0 Å². The fraction of sp³-hybridized carbons (Fsp3) is 1.00. The van der Waals surface area contributed by atoms with E-state index in [1.165, 1.54) is 0 Å². The summed E-state index contributed by atoms with van der Waals surface area (Å²) in [5.74, 6) is 0.310. The van der Waals surface area contributed by atoms with Crippen molar-refractivity contribution in [1.82, 2.24) is 0 Å². The summed E-state index contributed by atoms with van der Waals surface area (Å²) in [6, 6.07) is 0. The van der Waals surface area contributed by atoms with Crippen LogP contribution in [0, 0.1) is 11.8 Å². The van der Waals surface area contributed by atoms with Gasteiger partial charge < -0.3 is 10.2 Å². The highest BCUT2D eigenvalue weighted by Gasteiger charge is 2.24. The smallest absolute Gasteiger partial charge is 0.0618 e. The fourth-order valence-electron chi connectivity index (χ4n) is 1.49. The van der Waals surface area contributed by atoms with E-state index in [0.717, 1.165) is 12.8 Å². The second kappa shape index (κ2) is 5.55. The Labute approximate surface area is 75.6 Å². The molecule has 0 fully saturated rings. The number of aliphatic hydroxyl groups is 2. The van der Waals surface area contributed by atoms with Gasteiger partial charge in [0.2, 0.25) is 0 Å². The molecule has 0 aliphatic rings. The van der Waals surface area contributed by atoms with Gasteiger partial charge >= 0.3 is 0 Å². The maximum absolute atomic E-state index is 9.79. The average molecular weight is 174 g/mol. The van der Waals surface area contributed by atoms with Crippen molar-refractivity contribution < 1.29 is 10.2 Å². The Kier molecular flexibility index (Phi) is 5.51. The van der Waals surface area contributed by atoms with Crippen LogP contribution >= 0.6 is 0 Å². The van der Waals surface area contributed by atoms with Crippen LogP contribution in [0.3, 0.4) is 0 Å². The second-order valence-corrected chi connectivity index (χ2v) is 3.67. The normalized spacial score (nSPS) is 19.2. The van der Waals surface area contributed by atoms with Crippen LogP contribution in [0.2, 0.25) is 0 Å². The largest absolute Gasteiger partial charge is 0.393 e. The number of hydrogen-bond acceptors (Lipinski definition) is 2. The lowest BCUT2D eigenvalue weighted by Gasteiger charge is -2.27. The molecule has 0 aromatic rings.